The summed E-state index contributed by atoms with van der Waals surface area (Å²) in [6.07, 6.45) is 3.04. The van der Waals surface area contributed by atoms with E-state index in [1.807, 2.05) is 20.8 Å². The Bertz CT molecular complexity index is 171. The first-order chi connectivity index (χ1) is 6.52. The van der Waals surface area contributed by atoms with Gasteiger partial charge in [-0.1, -0.05) is 33.6 Å². The van der Waals surface area contributed by atoms with Crippen molar-refractivity contribution in [1.82, 2.24) is 5.32 Å². The second kappa shape index (κ2) is 6.82. The van der Waals surface area contributed by atoms with Crippen LogP contribution in [-0.2, 0) is 4.79 Å². The highest BCUT2D eigenvalue weighted by molar-refractivity contribution is 5.81. The number of nitrogens with one attached hydrogen (secondary N) is 1. The SMILES string of the molecule is CCCC(C)NC(=O)C(N)C(C)CC. The van der Waals surface area contributed by atoms with Crippen LogP contribution in [0.3, 0.4) is 0 Å². The van der Waals surface area contributed by atoms with Crippen molar-refractivity contribution >= 4 is 5.91 Å². The number of carbonyl (C=O) groups excluding carboxylic acids is 1. The van der Waals surface area contributed by atoms with Gasteiger partial charge in [0.25, 0.3) is 0 Å². The molecule has 1 amide bonds. The van der Waals surface area contributed by atoms with Gasteiger partial charge >= 0.3 is 0 Å². The lowest BCUT2D eigenvalue weighted by Crippen LogP contribution is -2.47. The van der Waals surface area contributed by atoms with E-state index in [0.29, 0.717) is 0 Å². The van der Waals surface area contributed by atoms with E-state index >= 15 is 0 Å². The molecular formula is C11H24N2O. The van der Waals surface area contributed by atoms with Crippen LogP contribution in [0.4, 0.5) is 0 Å². The minimum Gasteiger partial charge on any atom is -0.352 e. The fourth-order valence-corrected chi connectivity index (χ4v) is 1.36. The molecule has 0 aromatic heterocycles. The molecule has 0 saturated carbocycles. The predicted molar refractivity (Wildman–Crippen MR) is 59.9 cm³/mol. The number of carbonyl (C=O) groups is 1. The van der Waals surface area contributed by atoms with Gasteiger partial charge in [0.15, 0.2) is 0 Å². The summed E-state index contributed by atoms with van der Waals surface area (Å²) in [5.41, 5.74) is 5.80. The second-order valence-electron chi connectivity index (χ2n) is 4.11. The van der Waals surface area contributed by atoms with Gasteiger partial charge in [-0.15, -0.1) is 0 Å². The number of amides is 1. The van der Waals surface area contributed by atoms with Gasteiger partial charge in [-0.3, -0.25) is 4.79 Å². The van der Waals surface area contributed by atoms with Crippen LogP contribution in [0.1, 0.15) is 47.0 Å². The fourth-order valence-electron chi connectivity index (χ4n) is 1.36. The van der Waals surface area contributed by atoms with Crippen molar-refractivity contribution in [1.29, 1.82) is 0 Å². The first kappa shape index (κ1) is 13.4. The molecule has 0 saturated heterocycles. The molecule has 3 heteroatoms. The lowest BCUT2D eigenvalue weighted by Gasteiger charge is -2.20. The molecule has 0 aromatic carbocycles. The van der Waals surface area contributed by atoms with Crippen LogP contribution in [0, 0.1) is 5.92 Å². The summed E-state index contributed by atoms with van der Waals surface area (Å²) in [4.78, 5) is 11.6. The van der Waals surface area contributed by atoms with Crippen molar-refractivity contribution in [3.63, 3.8) is 0 Å². The predicted octanol–water partition coefficient (Wildman–Crippen LogP) is 1.66. The molecule has 0 rings (SSSR count). The Kier molecular flexibility index (Phi) is 6.54. The third kappa shape index (κ3) is 4.61. The molecular weight excluding hydrogens is 176 g/mol. The number of hydrogen-bond donors (Lipinski definition) is 2. The van der Waals surface area contributed by atoms with E-state index in [0.717, 1.165) is 19.3 Å². The molecule has 0 radical (unpaired) electrons. The molecule has 0 aliphatic heterocycles. The lowest BCUT2D eigenvalue weighted by atomic mass is 9.99. The Morgan fingerprint density at radius 3 is 2.36 bits per heavy atom. The van der Waals surface area contributed by atoms with Crippen molar-refractivity contribution in [2.45, 2.75) is 59.0 Å². The molecule has 0 aliphatic rings. The third-order valence-electron chi connectivity index (χ3n) is 2.67. The Balaban J connectivity index is 3.94. The summed E-state index contributed by atoms with van der Waals surface area (Å²) in [7, 11) is 0. The zero-order valence-electron chi connectivity index (χ0n) is 9.84. The van der Waals surface area contributed by atoms with Crippen LogP contribution in [0.2, 0.25) is 0 Å². The summed E-state index contributed by atoms with van der Waals surface area (Å²) < 4.78 is 0. The Morgan fingerprint density at radius 2 is 1.93 bits per heavy atom. The lowest BCUT2D eigenvalue weighted by molar-refractivity contribution is -0.124. The maximum absolute atomic E-state index is 11.6. The fraction of sp³-hybridized carbons (Fsp3) is 0.909. The number of rotatable bonds is 6. The minimum absolute atomic E-state index is 0.0136. The maximum Gasteiger partial charge on any atom is 0.237 e. The van der Waals surface area contributed by atoms with E-state index in [1.54, 1.807) is 0 Å². The summed E-state index contributed by atoms with van der Waals surface area (Å²) >= 11 is 0. The third-order valence-corrected chi connectivity index (χ3v) is 2.67. The molecule has 0 spiro atoms. The van der Waals surface area contributed by atoms with Crippen LogP contribution in [0.15, 0.2) is 0 Å². The Labute approximate surface area is 87.4 Å². The molecule has 0 aliphatic carbocycles. The molecule has 3 atom stereocenters. The number of nitrogens with two attached hydrogens (primary N) is 1. The van der Waals surface area contributed by atoms with Gasteiger partial charge < -0.3 is 11.1 Å². The first-order valence-electron chi connectivity index (χ1n) is 5.58. The van der Waals surface area contributed by atoms with Gasteiger partial charge in [0, 0.05) is 6.04 Å². The molecule has 84 valence electrons. The van der Waals surface area contributed by atoms with Gasteiger partial charge in [0.05, 0.1) is 6.04 Å². The van der Waals surface area contributed by atoms with Gasteiger partial charge in [-0.05, 0) is 19.3 Å². The highest BCUT2D eigenvalue weighted by Gasteiger charge is 2.20. The number of hydrogen-bond acceptors (Lipinski definition) is 2. The summed E-state index contributed by atoms with van der Waals surface area (Å²) in [5.74, 6) is 0.240. The molecule has 3 nitrogen and oxygen atoms in total. The molecule has 3 unspecified atom stereocenters. The van der Waals surface area contributed by atoms with Crippen LogP contribution in [-0.4, -0.2) is 18.0 Å². The standard InChI is InChI=1S/C11H24N2O/c1-5-7-9(4)13-11(14)10(12)8(3)6-2/h8-10H,5-7,12H2,1-4H3,(H,13,14). The van der Waals surface area contributed by atoms with E-state index in [1.165, 1.54) is 0 Å². The van der Waals surface area contributed by atoms with Crippen molar-refractivity contribution in [2.75, 3.05) is 0 Å². The zero-order chi connectivity index (χ0) is 11.1. The molecule has 0 aromatic rings. The quantitative estimate of drug-likeness (QED) is 0.685. The van der Waals surface area contributed by atoms with Crippen molar-refractivity contribution in [3.05, 3.63) is 0 Å². The second-order valence-corrected chi connectivity index (χ2v) is 4.11. The highest BCUT2D eigenvalue weighted by atomic mass is 16.2. The largest absolute Gasteiger partial charge is 0.352 e. The molecule has 0 heterocycles. The van der Waals surface area contributed by atoms with E-state index in [2.05, 4.69) is 12.2 Å². The van der Waals surface area contributed by atoms with Crippen LogP contribution < -0.4 is 11.1 Å². The molecule has 0 bridgehead atoms. The molecule has 3 N–H and O–H groups in total. The summed E-state index contributed by atoms with van der Waals surface area (Å²) in [6.45, 7) is 8.18. The average Bonchev–Trinajstić information content (AvgIpc) is 2.15. The van der Waals surface area contributed by atoms with E-state index in [-0.39, 0.29) is 23.9 Å². The first-order valence-corrected chi connectivity index (χ1v) is 5.58. The average molecular weight is 200 g/mol. The van der Waals surface area contributed by atoms with Gasteiger partial charge in [-0.25, -0.2) is 0 Å². The maximum atomic E-state index is 11.6. The van der Waals surface area contributed by atoms with E-state index in [9.17, 15) is 4.79 Å². The molecule has 14 heavy (non-hydrogen) atoms. The van der Waals surface area contributed by atoms with Gasteiger partial charge in [-0.2, -0.15) is 0 Å². The van der Waals surface area contributed by atoms with Crippen molar-refractivity contribution < 1.29 is 4.79 Å². The zero-order valence-corrected chi connectivity index (χ0v) is 9.84. The summed E-state index contributed by atoms with van der Waals surface area (Å²) in [6, 6.07) is -0.123. The van der Waals surface area contributed by atoms with Crippen LogP contribution >= 0.6 is 0 Å². The van der Waals surface area contributed by atoms with E-state index < -0.39 is 0 Å². The van der Waals surface area contributed by atoms with E-state index in [4.69, 9.17) is 5.73 Å². The topological polar surface area (TPSA) is 55.1 Å². The highest BCUT2D eigenvalue weighted by Crippen LogP contribution is 2.06. The van der Waals surface area contributed by atoms with Gasteiger partial charge in [0.2, 0.25) is 5.91 Å². The van der Waals surface area contributed by atoms with Crippen LogP contribution in [0.25, 0.3) is 0 Å². The van der Waals surface area contributed by atoms with Gasteiger partial charge in [0.1, 0.15) is 0 Å². The minimum atomic E-state index is -0.362. The van der Waals surface area contributed by atoms with Crippen LogP contribution in [0.5, 0.6) is 0 Å². The molecule has 0 fully saturated rings. The van der Waals surface area contributed by atoms with Crippen molar-refractivity contribution in [3.8, 4) is 0 Å². The summed E-state index contributed by atoms with van der Waals surface area (Å²) in [5, 5.41) is 2.93. The van der Waals surface area contributed by atoms with Crippen molar-refractivity contribution in [2.24, 2.45) is 11.7 Å². The smallest absolute Gasteiger partial charge is 0.237 e. The Morgan fingerprint density at radius 1 is 1.36 bits per heavy atom. The monoisotopic (exact) mass is 200 g/mol. The normalized spacial score (nSPS) is 17.2. The Hall–Kier alpha value is -0.570.